The number of hydrogen-bond donors (Lipinski definition) is 2. The van der Waals surface area contributed by atoms with Gasteiger partial charge < -0.3 is 10.6 Å². The minimum atomic E-state index is 0.638. The minimum Gasteiger partial charge on any atom is -0.354 e. The quantitative estimate of drug-likeness (QED) is 0.600. The van der Waals surface area contributed by atoms with Crippen molar-refractivity contribution in [3.63, 3.8) is 0 Å². The lowest BCUT2D eigenvalue weighted by atomic mass is 10.4. The molecule has 1 aliphatic rings. The normalized spacial score (nSPS) is 16.5. The molecule has 1 fully saturated rings. The molecule has 1 aromatic heterocycles. The van der Waals surface area contributed by atoms with Crippen LogP contribution in [0.15, 0.2) is 10.5 Å². The molecule has 0 amide bonds. The van der Waals surface area contributed by atoms with Crippen LogP contribution in [0.1, 0.15) is 23.4 Å². The highest BCUT2D eigenvalue weighted by Gasteiger charge is 2.22. The van der Waals surface area contributed by atoms with Gasteiger partial charge in [-0.2, -0.15) is 0 Å². The van der Waals surface area contributed by atoms with Crippen molar-refractivity contribution in [2.24, 2.45) is 4.99 Å². The molecule has 1 heterocycles. The molecule has 0 radical (unpaired) electrons. The van der Waals surface area contributed by atoms with E-state index in [1.165, 1.54) is 17.7 Å². The molecule has 5 heteroatoms. The summed E-state index contributed by atoms with van der Waals surface area (Å²) < 4.78 is 0. The Morgan fingerprint density at radius 1 is 1.67 bits per heavy atom. The molecule has 15 heavy (non-hydrogen) atoms. The first-order valence-electron chi connectivity index (χ1n) is 5.15. The molecule has 0 spiro atoms. The van der Waals surface area contributed by atoms with E-state index in [1.807, 2.05) is 12.4 Å². The van der Waals surface area contributed by atoms with E-state index in [2.05, 4.69) is 20.6 Å². The van der Waals surface area contributed by atoms with Gasteiger partial charge in [-0.25, -0.2) is 4.98 Å². The summed E-state index contributed by atoms with van der Waals surface area (Å²) in [5.41, 5.74) is 2.98. The van der Waals surface area contributed by atoms with Crippen LogP contribution in [0.4, 0.5) is 0 Å². The van der Waals surface area contributed by atoms with E-state index in [1.54, 1.807) is 18.4 Å². The first kappa shape index (κ1) is 10.4. The second kappa shape index (κ2) is 4.61. The summed E-state index contributed by atoms with van der Waals surface area (Å²) in [6.07, 6.45) is 2.53. The highest BCUT2D eigenvalue weighted by Crippen LogP contribution is 2.18. The lowest BCUT2D eigenvalue weighted by molar-refractivity contribution is 0.808. The Bertz CT molecular complexity index is 354. The zero-order valence-corrected chi connectivity index (χ0v) is 9.90. The van der Waals surface area contributed by atoms with E-state index < -0.39 is 0 Å². The summed E-state index contributed by atoms with van der Waals surface area (Å²) in [6.45, 7) is 2.84. The molecule has 0 aliphatic heterocycles. The topological polar surface area (TPSA) is 49.3 Å². The van der Waals surface area contributed by atoms with Crippen LogP contribution < -0.4 is 10.6 Å². The molecule has 0 bridgehead atoms. The summed E-state index contributed by atoms with van der Waals surface area (Å²) in [4.78, 5) is 9.66. The summed E-state index contributed by atoms with van der Waals surface area (Å²) >= 11 is 1.68. The van der Waals surface area contributed by atoms with Gasteiger partial charge in [0.2, 0.25) is 0 Å². The summed E-state index contributed by atoms with van der Waals surface area (Å²) in [6, 6.07) is 0.638. The lowest BCUT2D eigenvalue weighted by Gasteiger charge is -2.10. The molecule has 2 rings (SSSR count). The maximum atomic E-state index is 4.21. The Labute approximate surface area is 93.8 Å². The molecule has 82 valence electrons. The highest BCUT2D eigenvalue weighted by atomic mass is 32.1. The minimum absolute atomic E-state index is 0.638. The van der Waals surface area contributed by atoms with E-state index in [0.717, 1.165) is 18.2 Å². The van der Waals surface area contributed by atoms with E-state index in [-0.39, 0.29) is 0 Å². The van der Waals surface area contributed by atoms with Gasteiger partial charge in [-0.15, -0.1) is 11.3 Å². The summed E-state index contributed by atoms with van der Waals surface area (Å²) in [7, 11) is 1.80. The van der Waals surface area contributed by atoms with E-state index >= 15 is 0 Å². The largest absolute Gasteiger partial charge is 0.354 e. The van der Waals surface area contributed by atoms with Gasteiger partial charge in [-0.1, -0.05) is 0 Å². The SMILES string of the molecule is CN=C(NCc1scnc1C)NC1CC1. The highest BCUT2D eigenvalue weighted by molar-refractivity contribution is 7.09. The number of hydrogen-bond acceptors (Lipinski definition) is 3. The molecule has 1 saturated carbocycles. The maximum absolute atomic E-state index is 4.21. The number of nitrogens with zero attached hydrogens (tertiary/aromatic N) is 2. The van der Waals surface area contributed by atoms with Gasteiger partial charge in [0.1, 0.15) is 0 Å². The van der Waals surface area contributed by atoms with Gasteiger partial charge in [0.05, 0.1) is 17.7 Å². The van der Waals surface area contributed by atoms with Gasteiger partial charge in [0.15, 0.2) is 5.96 Å². The van der Waals surface area contributed by atoms with Crippen LogP contribution >= 0.6 is 11.3 Å². The van der Waals surface area contributed by atoms with Gasteiger partial charge in [0.25, 0.3) is 0 Å². The molecular weight excluding hydrogens is 208 g/mol. The third-order valence-corrected chi connectivity index (χ3v) is 3.34. The second-order valence-electron chi connectivity index (χ2n) is 3.71. The second-order valence-corrected chi connectivity index (χ2v) is 4.64. The number of aryl methyl sites for hydroxylation is 1. The molecule has 4 nitrogen and oxygen atoms in total. The standard InChI is InChI=1S/C10H16N4S/c1-7-9(15-6-13-7)5-12-10(11-2)14-8-3-4-8/h6,8H,3-5H2,1-2H3,(H2,11,12,14). The van der Waals surface area contributed by atoms with Crippen molar-refractivity contribution in [1.29, 1.82) is 0 Å². The summed E-state index contributed by atoms with van der Waals surface area (Å²) in [5, 5.41) is 6.64. The van der Waals surface area contributed by atoms with Crippen LogP contribution in [0.5, 0.6) is 0 Å². The molecule has 0 aromatic carbocycles. The zero-order valence-electron chi connectivity index (χ0n) is 9.08. The van der Waals surface area contributed by atoms with Gasteiger partial charge in [0, 0.05) is 18.0 Å². The van der Waals surface area contributed by atoms with Crippen molar-refractivity contribution in [2.45, 2.75) is 32.4 Å². The van der Waals surface area contributed by atoms with Crippen LogP contribution in [0.3, 0.4) is 0 Å². The number of nitrogens with one attached hydrogen (secondary N) is 2. The number of aliphatic imine (C=N–C) groups is 1. The van der Waals surface area contributed by atoms with Crippen LogP contribution in [0, 0.1) is 6.92 Å². The molecule has 0 atom stereocenters. The Kier molecular flexibility index (Phi) is 3.20. The van der Waals surface area contributed by atoms with Crippen molar-refractivity contribution < 1.29 is 0 Å². The fourth-order valence-corrected chi connectivity index (χ4v) is 1.99. The van der Waals surface area contributed by atoms with Crippen LogP contribution in [-0.2, 0) is 6.54 Å². The average Bonchev–Trinajstić information content (AvgIpc) is 2.96. The third-order valence-electron chi connectivity index (χ3n) is 2.40. The van der Waals surface area contributed by atoms with Crippen molar-refractivity contribution in [3.05, 3.63) is 16.1 Å². The zero-order chi connectivity index (χ0) is 10.7. The first-order valence-corrected chi connectivity index (χ1v) is 6.03. The number of thiazole rings is 1. The Morgan fingerprint density at radius 2 is 2.47 bits per heavy atom. The summed E-state index contributed by atoms with van der Waals surface area (Å²) in [5.74, 6) is 0.894. The van der Waals surface area contributed by atoms with E-state index in [4.69, 9.17) is 0 Å². The van der Waals surface area contributed by atoms with Crippen molar-refractivity contribution in [3.8, 4) is 0 Å². The van der Waals surface area contributed by atoms with E-state index in [0.29, 0.717) is 6.04 Å². The predicted molar refractivity (Wildman–Crippen MR) is 63.2 cm³/mol. The average molecular weight is 224 g/mol. The smallest absolute Gasteiger partial charge is 0.191 e. The lowest BCUT2D eigenvalue weighted by Crippen LogP contribution is -2.37. The fraction of sp³-hybridized carbons (Fsp3) is 0.600. The Hall–Kier alpha value is -1.10. The van der Waals surface area contributed by atoms with Crippen molar-refractivity contribution in [2.75, 3.05) is 7.05 Å². The Balaban J connectivity index is 1.83. The third kappa shape index (κ3) is 2.92. The van der Waals surface area contributed by atoms with E-state index in [9.17, 15) is 0 Å². The molecule has 0 saturated heterocycles. The van der Waals surface area contributed by atoms with Crippen molar-refractivity contribution >= 4 is 17.3 Å². The predicted octanol–water partition coefficient (Wildman–Crippen LogP) is 1.28. The molecule has 1 aromatic rings. The monoisotopic (exact) mass is 224 g/mol. The maximum Gasteiger partial charge on any atom is 0.191 e. The van der Waals surface area contributed by atoms with Gasteiger partial charge in [-0.3, -0.25) is 4.99 Å². The molecule has 0 unspecified atom stereocenters. The molecule has 2 N–H and O–H groups in total. The van der Waals surface area contributed by atoms with Gasteiger partial charge >= 0.3 is 0 Å². The van der Waals surface area contributed by atoms with Crippen molar-refractivity contribution in [1.82, 2.24) is 15.6 Å². The molecule has 1 aliphatic carbocycles. The van der Waals surface area contributed by atoms with Crippen LogP contribution in [0.2, 0.25) is 0 Å². The number of guanidine groups is 1. The first-order chi connectivity index (χ1) is 7.29. The Morgan fingerprint density at radius 3 is 3.00 bits per heavy atom. The van der Waals surface area contributed by atoms with Crippen LogP contribution in [0.25, 0.3) is 0 Å². The van der Waals surface area contributed by atoms with Gasteiger partial charge in [-0.05, 0) is 19.8 Å². The number of aromatic nitrogens is 1. The van der Waals surface area contributed by atoms with Crippen LogP contribution in [-0.4, -0.2) is 24.0 Å². The molecular formula is C10H16N4S. The fourth-order valence-electron chi connectivity index (χ4n) is 1.28. The number of rotatable bonds is 3.